The molecule has 0 radical (unpaired) electrons. The Hall–Kier alpha value is -1.53. The Morgan fingerprint density at radius 3 is 2.38 bits per heavy atom. The number of halogens is 3. The van der Waals surface area contributed by atoms with Crippen molar-refractivity contribution in [2.24, 2.45) is 7.05 Å². The van der Waals surface area contributed by atoms with Crippen LogP contribution >= 0.6 is 0 Å². The van der Waals surface area contributed by atoms with Gasteiger partial charge in [0.1, 0.15) is 5.56 Å². The van der Waals surface area contributed by atoms with Gasteiger partial charge in [0.05, 0.1) is 5.69 Å². The van der Waals surface area contributed by atoms with Crippen molar-refractivity contribution in [2.45, 2.75) is 6.92 Å². The van der Waals surface area contributed by atoms with Gasteiger partial charge in [-0.2, -0.15) is 9.49 Å². The molecule has 0 saturated carbocycles. The van der Waals surface area contributed by atoms with E-state index >= 15 is 0 Å². The van der Waals surface area contributed by atoms with Crippen molar-refractivity contribution < 1.29 is 18.1 Å². The topological polar surface area (TPSA) is 38.1 Å². The van der Waals surface area contributed by atoms with Gasteiger partial charge in [-0.1, -0.05) is 8.96 Å². The van der Waals surface area contributed by atoms with E-state index in [1.54, 1.807) is 0 Å². The molecule has 0 atom stereocenters. The molecule has 1 amide bonds. The Morgan fingerprint density at radius 2 is 2.08 bits per heavy atom. The number of hydrogen-bond acceptors (Lipinski definition) is 2. The Morgan fingerprint density at radius 1 is 1.54 bits per heavy atom. The Labute approximate surface area is 71.4 Å². The number of aromatic nitrogens is 2. The summed E-state index contributed by atoms with van der Waals surface area (Å²) in [7, 11) is 1.22. The van der Waals surface area contributed by atoms with Crippen LogP contribution in [0.1, 0.15) is 16.1 Å². The molecule has 1 aromatic rings. The van der Waals surface area contributed by atoms with Crippen molar-refractivity contribution in [1.82, 2.24) is 15.1 Å². The van der Waals surface area contributed by atoms with E-state index < -0.39 is 22.8 Å². The third-order valence-electron chi connectivity index (χ3n) is 1.52. The molecule has 0 aromatic carbocycles. The maximum atomic E-state index is 13.0. The van der Waals surface area contributed by atoms with Crippen LogP contribution < -0.4 is 0 Å². The highest BCUT2D eigenvalue weighted by Crippen LogP contribution is 2.14. The van der Waals surface area contributed by atoms with E-state index in [0.29, 0.717) is 0 Å². The Kier molecular flexibility index (Phi) is 2.26. The summed E-state index contributed by atoms with van der Waals surface area (Å²) in [6.45, 7) is 1.28. The summed E-state index contributed by atoms with van der Waals surface area (Å²) in [6.07, 6.45) is 0. The summed E-state index contributed by atoms with van der Waals surface area (Å²) < 4.78 is 37.2. The average Bonchev–Trinajstić information content (AvgIpc) is 2.26. The van der Waals surface area contributed by atoms with Crippen LogP contribution in [0, 0.1) is 12.9 Å². The molecule has 0 aliphatic heterocycles. The van der Waals surface area contributed by atoms with Gasteiger partial charge >= 0.3 is 5.91 Å². The van der Waals surface area contributed by atoms with Gasteiger partial charge in [-0.3, -0.25) is 4.79 Å². The number of carbonyl (C=O) groups excluding carboxylic acids is 1. The smallest absolute Gasteiger partial charge is 0.263 e. The summed E-state index contributed by atoms with van der Waals surface area (Å²) in [5.41, 5.74) is -0.766. The lowest BCUT2D eigenvalue weighted by atomic mass is 10.2. The monoisotopic (exact) mass is 193 g/mol. The summed E-state index contributed by atoms with van der Waals surface area (Å²) in [5, 5.41) is 1.80. The molecule has 0 aliphatic carbocycles. The van der Waals surface area contributed by atoms with Crippen LogP contribution in [-0.4, -0.2) is 21.0 Å². The first-order valence-electron chi connectivity index (χ1n) is 3.30. The number of carbonyl (C=O) groups is 1. The molecule has 0 bridgehead atoms. The quantitative estimate of drug-likeness (QED) is 0.626. The number of nitrogens with zero attached hydrogens (tertiary/aromatic N) is 3. The summed E-state index contributed by atoms with van der Waals surface area (Å²) in [5.74, 6) is -2.76. The minimum Gasteiger partial charge on any atom is -0.263 e. The molecular weight excluding hydrogens is 187 g/mol. The molecular formula is C6H6F3N3O. The Bertz CT molecular complexity index is 347. The predicted molar refractivity (Wildman–Crippen MR) is 36.3 cm³/mol. The minimum atomic E-state index is -1.69. The molecule has 0 fully saturated rings. The van der Waals surface area contributed by atoms with E-state index in [0.717, 1.165) is 4.68 Å². The van der Waals surface area contributed by atoms with E-state index in [1.807, 2.05) is 0 Å². The van der Waals surface area contributed by atoms with Gasteiger partial charge in [-0.25, -0.2) is 4.68 Å². The zero-order chi connectivity index (χ0) is 10.2. The van der Waals surface area contributed by atoms with Gasteiger partial charge in [0.2, 0.25) is 5.95 Å². The van der Waals surface area contributed by atoms with Crippen molar-refractivity contribution in [2.75, 3.05) is 0 Å². The van der Waals surface area contributed by atoms with E-state index in [2.05, 4.69) is 5.10 Å². The van der Waals surface area contributed by atoms with Crippen LogP contribution in [-0.2, 0) is 7.05 Å². The molecule has 0 N–H and O–H groups in total. The lowest BCUT2D eigenvalue weighted by Crippen LogP contribution is -2.15. The zero-order valence-electron chi connectivity index (χ0n) is 6.88. The molecule has 1 rings (SSSR count). The maximum Gasteiger partial charge on any atom is 0.320 e. The van der Waals surface area contributed by atoms with Crippen LogP contribution in [0.5, 0.6) is 0 Å². The molecule has 72 valence electrons. The van der Waals surface area contributed by atoms with Gasteiger partial charge in [0.15, 0.2) is 0 Å². The van der Waals surface area contributed by atoms with Crippen molar-refractivity contribution in [3.8, 4) is 0 Å². The largest absolute Gasteiger partial charge is 0.320 e. The highest BCUT2D eigenvalue weighted by molar-refractivity contribution is 5.93. The van der Waals surface area contributed by atoms with Crippen LogP contribution in [0.25, 0.3) is 0 Å². The fraction of sp³-hybridized carbons (Fsp3) is 0.333. The number of rotatable bonds is 1. The predicted octanol–water partition coefficient (Wildman–Crippen LogP) is 1.08. The van der Waals surface area contributed by atoms with Gasteiger partial charge < -0.3 is 0 Å². The van der Waals surface area contributed by atoms with Crippen molar-refractivity contribution >= 4 is 5.91 Å². The fourth-order valence-corrected chi connectivity index (χ4v) is 0.957. The first-order valence-corrected chi connectivity index (χ1v) is 3.30. The van der Waals surface area contributed by atoms with Gasteiger partial charge in [-0.05, 0) is 6.92 Å². The molecule has 13 heavy (non-hydrogen) atoms. The van der Waals surface area contributed by atoms with Crippen molar-refractivity contribution in [3.05, 3.63) is 17.2 Å². The second-order valence-corrected chi connectivity index (χ2v) is 2.41. The van der Waals surface area contributed by atoms with Gasteiger partial charge in [-0.15, -0.1) is 0 Å². The maximum absolute atomic E-state index is 13.0. The van der Waals surface area contributed by atoms with Gasteiger partial charge in [0, 0.05) is 12.4 Å². The first-order chi connectivity index (χ1) is 5.95. The lowest BCUT2D eigenvalue weighted by molar-refractivity contribution is -0.109. The molecule has 0 unspecified atom stereocenters. The third-order valence-corrected chi connectivity index (χ3v) is 1.52. The molecule has 4 nitrogen and oxygen atoms in total. The second-order valence-electron chi connectivity index (χ2n) is 2.41. The molecule has 7 heteroatoms. The van der Waals surface area contributed by atoms with E-state index in [-0.39, 0.29) is 5.69 Å². The lowest BCUT2D eigenvalue weighted by Gasteiger charge is -1.98. The standard InChI is InChI=1S/C6H6F3N3O/c1-3-4(6(13)12(8)9)5(7)11(2)10-3/h1-2H3. The second kappa shape index (κ2) is 3.08. The molecule has 1 aromatic heterocycles. The number of aryl methyl sites for hydroxylation is 2. The number of amides is 1. The number of hydrogen-bond donors (Lipinski definition) is 0. The minimum absolute atomic E-state index is 0.0645. The highest BCUT2D eigenvalue weighted by atomic mass is 19.4. The average molecular weight is 193 g/mol. The normalized spacial score (nSPS) is 10.2. The van der Waals surface area contributed by atoms with Crippen LogP contribution in [0.3, 0.4) is 0 Å². The van der Waals surface area contributed by atoms with E-state index in [4.69, 9.17) is 0 Å². The van der Waals surface area contributed by atoms with Crippen LogP contribution in [0.4, 0.5) is 13.4 Å². The summed E-state index contributed by atoms with van der Waals surface area (Å²) in [6, 6.07) is 0. The van der Waals surface area contributed by atoms with Crippen molar-refractivity contribution in [1.29, 1.82) is 0 Å². The molecule has 0 spiro atoms. The molecule has 0 aliphatic rings. The third kappa shape index (κ3) is 1.49. The van der Waals surface area contributed by atoms with Crippen molar-refractivity contribution in [3.63, 3.8) is 0 Å². The fourth-order valence-electron chi connectivity index (χ4n) is 0.957. The SMILES string of the molecule is Cc1nn(C)c(F)c1C(=O)N(F)F. The first kappa shape index (κ1) is 9.56. The van der Waals surface area contributed by atoms with Crippen LogP contribution in [0.15, 0.2) is 0 Å². The van der Waals surface area contributed by atoms with Gasteiger partial charge in [0.25, 0.3) is 0 Å². The molecule has 0 saturated heterocycles. The summed E-state index contributed by atoms with van der Waals surface area (Å²) >= 11 is 0. The molecule has 1 heterocycles. The van der Waals surface area contributed by atoms with Crippen LogP contribution in [0.2, 0.25) is 0 Å². The summed E-state index contributed by atoms with van der Waals surface area (Å²) in [4.78, 5) is 10.7. The highest BCUT2D eigenvalue weighted by Gasteiger charge is 2.25. The van der Waals surface area contributed by atoms with E-state index in [1.165, 1.54) is 14.0 Å². The Balaban J connectivity index is 3.21. The van der Waals surface area contributed by atoms with E-state index in [9.17, 15) is 18.1 Å². The zero-order valence-corrected chi connectivity index (χ0v) is 6.88.